The van der Waals surface area contributed by atoms with Crippen LogP contribution >= 0.6 is 11.8 Å². The number of hydrogen-bond acceptors (Lipinski definition) is 5. The number of aryl methyl sites for hydroxylation is 1. The first-order valence-electron chi connectivity index (χ1n) is 10.4. The molecule has 0 unspecified atom stereocenters. The zero-order chi connectivity index (χ0) is 20.2. The van der Waals surface area contributed by atoms with Crippen LogP contribution in [0.2, 0.25) is 0 Å². The third-order valence-corrected chi connectivity index (χ3v) is 6.61. The van der Waals surface area contributed by atoms with Gasteiger partial charge in [-0.3, -0.25) is 9.20 Å². The van der Waals surface area contributed by atoms with Gasteiger partial charge < -0.3 is 10.1 Å². The number of methoxy groups -OCH3 is 1. The number of hydrogen-bond donors (Lipinski definition) is 1. The van der Waals surface area contributed by atoms with Crippen LogP contribution in [0.3, 0.4) is 0 Å². The molecule has 1 aromatic carbocycles. The summed E-state index contributed by atoms with van der Waals surface area (Å²) in [5.74, 6) is 1.21. The van der Waals surface area contributed by atoms with Crippen molar-refractivity contribution in [2.75, 3.05) is 12.9 Å². The highest BCUT2D eigenvalue weighted by Gasteiger charge is 2.17. The fourth-order valence-electron chi connectivity index (χ4n) is 4.12. The molecule has 0 spiro atoms. The maximum absolute atomic E-state index is 12.5. The van der Waals surface area contributed by atoms with E-state index in [0.29, 0.717) is 11.8 Å². The summed E-state index contributed by atoms with van der Waals surface area (Å²) in [6.45, 7) is 2.07. The summed E-state index contributed by atoms with van der Waals surface area (Å²) in [7, 11) is 1.66. The van der Waals surface area contributed by atoms with E-state index in [1.807, 2.05) is 22.6 Å². The summed E-state index contributed by atoms with van der Waals surface area (Å²) in [6.07, 6.45) is 8.49. The van der Waals surface area contributed by atoms with Gasteiger partial charge in [0.25, 0.3) is 0 Å². The van der Waals surface area contributed by atoms with Gasteiger partial charge in [0.05, 0.1) is 18.4 Å². The molecule has 1 N–H and O–H groups in total. The number of thioether (sulfide) groups is 1. The molecule has 2 aromatic heterocycles. The fraction of sp³-hybridized carbons (Fsp3) is 0.500. The number of nitrogens with zero attached hydrogens (tertiary/aromatic N) is 3. The smallest absolute Gasteiger partial charge is 0.230 e. The van der Waals surface area contributed by atoms with Crippen LogP contribution in [0.4, 0.5) is 0 Å². The average Bonchev–Trinajstić information content (AvgIpc) is 3.11. The topological polar surface area (TPSA) is 68.5 Å². The van der Waals surface area contributed by atoms with Gasteiger partial charge in [0.2, 0.25) is 5.91 Å². The van der Waals surface area contributed by atoms with Crippen molar-refractivity contribution in [1.29, 1.82) is 0 Å². The Morgan fingerprint density at radius 2 is 1.93 bits per heavy atom. The Morgan fingerprint density at radius 1 is 1.17 bits per heavy atom. The summed E-state index contributed by atoms with van der Waals surface area (Å²) in [6, 6.07) is 8.35. The number of benzene rings is 1. The highest BCUT2D eigenvalue weighted by molar-refractivity contribution is 7.99. The molecule has 4 rings (SSSR count). The van der Waals surface area contributed by atoms with E-state index >= 15 is 0 Å². The van der Waals surface area contributed by atoms with Gasteiger partial charge in [-0.2, -0.15) is 0 Å². The molecule has 2 heterocycles. The van der Waals surface area contributed by atoms with E-state index in [-0.39, 0.29) is 5.91 Å². The van der Waals surface area contributed by atoms with Gasteiger partial charge in [-0.1, -0.05) is 43.9 Å². The van der Waals surface area contributed by atoms with Crippen molar-refractivity contribution in [2.24, 2.45) is 0 Å². The molecule has 7 heteroatoms. The molecular formula is C22H28N4O2S. The van der Waals surface area contributed by atoms with Crippen LogP contribution in [0.25, 0.3) is 16.6 Å². The van der Waals surface area contributed by atoms with Crippen molar-refractivity contribution >= 4 is 34.2 Å². The van der Waals surface area contributed by atoms with Crippen molar-refractivity contribution in [3.8, 4) is 5.75 Å². The van der Waals surface area contributed by atoms with Gasteiger partial charge in [-0.15, -0.1) is 10.2 Å². The molecule has 6 nitrogen and oxygen atoms in total. The summed E-state index contributed by atoms with van der Waals surface area (Å²) < 4.78 is 7.42. The van der Waals surface area contributed by atoms with E-state index in [4.69, 9.17) is 4.74 Å². The van der Waals surface area contributed by atoms with Crippen LogP contribution in [0.1, 0.15) is 50.5 Å². The molecule has 0 bridgehead atoms. The molecule has 0 radical (unpaired) electrons. The zero-order valence-corrected chi connectivity index (χ0v) is 17.9. The molecule has 0 atom stereocenters. The van der Waals surface area contributed by atoms with Crippen LogP contribution in [0.15, 0.2) is 29.4 Å². The molecule has 29 heavy (non-hydrogen) atoms. The van der Waals surface area contributed by atoms with Gasteiger partial charge in [0.15, 0.2) is 10.8 Å². The van der Waals surface area contributed by atoms with Gasteiger partial charge in [0.1, 0.15) is 5.75 Å². The number of carbonyl (C=O) groups is 1. The highest BCUT2D eigenvalue weighted by Crippen LogP contribution is 2.28. The van der Waals surface area contributed by atoms with E-state index in [2.05, 4.69) is 28.5 Å². The first-order chi connectivity index (χ1) is 14.2. The Hall–Kier alpha value is -2.28. The molecule has 1 aliphatic rings. The largest absolute Gasteiger partial charge is 0.497 e. The van der Waals surface area contributed by atoms with Gasteiger partial charge in [0, 0.05) is 17.5 Å². The van der Waals surface area contributed by atoms with Gasteiger partial charge in [-0.25, -0.2) is 0 Å². The number of rotatable bonds is 5. The number of nitrogens with one attached hydrogen (secondary N) is 1. The van der Waals surface area contributed by atoms with E-state index in [1.54, 1.807) is 7.11 Å². The van der Waals surface area contributed by atoms with Crippen LogP contribution in [-0.4, -0.2) is 39.4 Å². The van der Waals surface area contributed by atoms with Gasteiger partial charge in [-0.05, 0) is 43.5 Å². The van der Waals surface area contributed by atoms with Crippen LogP contribution in [0.5, 0.6) is 5.75 Å². The second-order valence-electron chi connectivity index (χ2n) is 7.78. The van der Waals surface area contributed by atoms with Crippen molar-refractivity contribution in [2.45, 2.75) is 63.1 Å². The van der Waals surface area contributed by atoms with E-state index in [9.17, 15) is 4.79 Å². The minimum absolute atomic E-state index is 0.0753. The number of carbonyl (C=O) groups excluding carboxylic acids is 1. The normalized spacial score (nSPS) is 15.9. The van der Waals surface area contributed by atoms with Crippen molar-refractivity contribution in [3.63, 3.8) is 0 Å². The van der Waals surface area contributed by atoms with Crippen LogP contribution < -0.4 is 10.1 Å². The van der Waals surface area contributed by atoms with Crippen molar-refractivity contribution in [1.82, 2.24) is 19.9 Å². The number of aromatic nitrogens is 3. The minimum atomic E-state index is 0.0753. The highest BCUT2D eigenvalue weighted by atomic mass is 32.2. The Morgan fingerprint density at radius 3 is 2.69 bits per heavy atom. The minimum Gasteiger partial charge on any atom is -0.497 e. The van der Waals surface area contributed by atoms with Crippen LogP contribution in [-0.2, 0) is 4.79 Å². The Kier molecular flexibility index (Phi) is 6.23. The predicted octanol–water partition coefficient (Wildman–Crippen LogP) is 4.52. The summed E-state index contributed by atoms with van der Waals surface area (Å²) in [4.78, 5) is 12.5. The molecule has 1 amide bonds. The van der Waals surface area contributed by atoms with Crippen LogP contribution in [0, 0.1) is 6.92 Å². The summed E-state index contributed by atoms with van der Waals surface area (Å²) in [5, 5.41) is 13.7. The average molecular weight is 413 g/mol. The maximum Gasteiger partial charge on any atom is 0.230 e. The van der Waals surface area contributed by atoms with E-state index < -0.39 is 0 Å². The number of amides is 1. The zero-order valence-electron chi connectivity index (χ0n) is 17.1. The number of fused-ring (bicyclic) bond motifs is 3. The molecule has 1 saturated carbocycles. The van der Waals surface area contributed by atoms with E-state index in [0.717, 1.165) is 45.9 Å². The lowest BCUT2D eigenvalue weighted by molar-refractivity contribution is -0.119. The lowest BCUT2D eigenvalue weighted by Crippen LogP contribution is -2.36. The maximum atomic E-state index is 12.5. The van der Waals surface area contributed by atoms with Crippen molar-refractivity contribution < 1.29 is 9.53 Å². The third kappa shape index (κ3) is 4.50. The lowest BCUT2D eigenvalue weighted by Gasteiger charge is -2.20. The standard InChI is InChI=1S/C22H28N4O2S/c1-15-12-20-24-25-22(26(20)19-13-17(28-2)10-11-18(15)19)29-14-21(27)23-16-8-6-4-3-5-7-9-16/h10-13,16H,3-9,14H2,1-2H3,(H,23,27). The Balaban J connectivity index is 1.52. The fourth-order valence-corrected chi connectivity index (χ4v) is 4.89. The molecule has 3 aromatic rings. The second kappa shape index (κ2) is 9.03. The molecule has 1 aliphatic carbocycles. The molecule has 154 valence electrons. The quantitative estimate of drug-likeness (QED) is 0.624. The SMILES string of the molecule is COc1ccc2c(C)cc3nnc(SCC(=O)NC4CCCCCCC4)n3c2c1. The monoisotopic (exact) mass is 412 g/mol. The third-order valence-electron chi connectivity index (χ3n) is 5.68. The molecular weight excluding hydrogens is 384 g/mol. The first kappa shape index (κ1) is 20.0. The first-order valence-corrected chi connectivity index (χ1v) is 11.4. The Bertz CT molecular complexity index is 1010. The molecule has 0 saturated heterocycles. The van der Waals surface area contributed by atoms with E-state index in [1.165, 1.54) is 43.9 Å². The summed E-state index contributed by atoms with van der Waals surface area (Å²) in [5.41, 5.74) is 2.92. The number of ether oxygens (including phenoxy) is 1. The molecule has 1 fully saturated rings. The predicted molar refractivity (Wildman–Crippen MR) is 117 cm³/mol. The lowest BCUT2D eigenvalue weighted by atomic mass is 9.97. The Labute approximate surface area is 175 Å². The molecule has 0 aliphatic heterocycles. The summed E-state index contributed by atoms with van der Waals surface area (Å²) >= 11 is 1.43. The van der Waals surface area contributed by atoms with Crippen molar-refractivity contribution in [3.05, 3.63) is 29.8 Å². The number of pyridine rings is 1. The second-order valence-corrected chi connectivity index (χ2v) is 8.73. The van der Waals surface area contributed by atoms with Gasteiger partial charge >= 0.3 is 0 Å².